The van der Waals surface area contributed by atoms with Crippen LogP contribution in [-0.4, -0.2) is 41.5 Å². The van der Waals surface area contributed by atoms with Crippen molar-refractivity contribution in [3.8, 4) is 0 Å². The maximum atomic E-state index is 13.4. The van der Waals surface area contributed by atoms with Crippen LogP contribution in [0.15, 0.2) is 18.2 Å². The number of rotatable bonds is 6. The van der Waals surface area contributed by atoms with Crippen LogP contribution < -0.4 is 5.73 Å². The van der Waals surface area contributed by atoms with Crippen molar-refractivity contribution in [1.29, 1.82) is 0 Å². The van der Waals surface area contributed by atoms with Crippen LogP contribution in [0.1, 0.15) is 5.56 Å². The number of aliphatic carboxylic acids is 1. The number of nitrogens with two attached hydrogens (primary N) is 1. The van der Waals surface area contributed by atoms with Crippen molar-refractivity contribution < 1.29 is 23.5 Å². The minimum atomic E-state index is -1.18. The molecule has 0 saturated heterocycles. The molecule has 0 aliphatic heterocycles. The van der Waals surface area contributed by atoms with Gasteiger partial charge in [-0.2, -0.15) is 0 Å². The van der Waals surface area contributed by atoms with E-state index in [0.29, 0.717) is 6.07 Å². The molecule has 0 spiro atoms. The number of carboxylic acid groups (broad SMARTS) is 1. The van der Waals surface area contributed by atoms with Crippen LogP contribution in [0.3, 0.4) is 0 Å². The maximum absolute atomic E-state index is 13.4. The molecule has 0 aromatic heterocycles. The van der Waals surface area contributed by atoms with Gasteiger partial charge >= 0.3 is 5.97 Å². The van der Waals surface area contributed by atoms with Gasteiger partial charge in [-0.15, -0.1) is 0 Å². The predicted octanol–water partition coefficient (Wildman–Crippen LogP) is 0.379. The van der Waals surface area contributed by atoms with Gasteiger partial charge in [0.2, 0.25) is 5.91 Å². The molecule has 3 N–H and O–H groups in total. The quantitative estimate of drug-likeness (QED) is 0.784. The Kier molecular flexibility index (Phi) is 5.37. The molecule has 104 valence electrons. The van der Waals surface area contributed by atoms with Gasteiger partial charge in [0.1, 0.15) is 18.2 Å². The van der Waals surface area contributed by atoms with E-state index in [2.05, 4.69) is 0 Å². The lowest BCUT2D eigenvalue weighted by molar-refractivity contribution is -0.144. The zero-order valence-electron chi connectivity index (χ0n) is 10.1. The number of carbonyl (C=O) groups excluding carboxylic acids is 1. The minimum Gasteiger partial charge on any atom is -0.480 e. The van der Waals surface area contributed by atoms with Gasteiger partial charge in [-0.25, -0.2) is 8.78 Å². The normalized spacial score (nSPS) is 10.3. The first kappa shape index (κ1) is 15.0. The molecule has 0 fully saturated rings. The molecule has 0 aliphatic rings. The summed E-state index contributed by atoms with van der Waals surface area (Å²) >= 11 is 0. The van der Waals surface area contributed by atoms with Crippen LogP contribution in [-0.2, 0) is 16.0 Å². The third kappa shape index (κ3) is 4.63. The maximum Gasteiger partial charge on any atom is 0.323 e. The summed E-state index contributed by atoms with van der Waals surface area (Å²) in [5, 5.41) is 8.66. The second-order valence-electron chi connectivity index (χ2n) is 3.91. The molecule has 0 atom stereocenters. The number of nitrogens with zero attached hydrogens (tertiary/aromatic N) is 1. The number of carboxylic acids is 1. The molecule has 1 rings (SSSR count). The Hall–Kier alpha value is -2.02. The van der Waals surface area contributed by atoms with Gasteiger partial charge in [0.25, 0.3) is 0 Å². The number of carbonyl (C=O) groups is 2. The van der Waals surface area contributed by atoms with E-state index in [1.54, 1.807) is 0 Å². The van der Waals surface area contributed by atoms with E-state index in [1.165, 1.54) is 0 Å². The monoisotopic (exact) mass is 272 g/mol. The van der Waals surface area contributed by atoms with Gasteiger partial charge in [0, 0.05) is 19.2 Å². The van der Waals surface area contributed by atoms with Crippen molar-refractivity contribution >= 4 is 11.9 Å². The lowest BCUT2D eigenvalue weighted by Gasteiger charge is -2.19. The Morgan fingerprint density at radius 3 is 2.53 bits per heavy atom. The molecule has 19 heavy (non-hydrogen) atoms. The highest BCUT2D eigenvalue weighted by molar-refractivity contribution is 5.83. The molecular formula is C12H14F2N2O3. The highest BCUT2D eigenvalue weighted by Gasteiger charge is 2.18. The number of hydrogen-bond donors (Lipinski definition) is 2. The van der Waals surface area contributed by atoms with E-state index in [1.807, 2.05) is 0 Å². The minimum absolute atomic E-state index is 0.0128. The smallest absolute Gasteiger partial charge is 0.323 e. The fraction of sp³-hybridized carbons (Fsp3) is 0.333. The van der Waals surface area contributed by atoms with Gasteiger partial charge in [0.15, 0.2) is 0 Å². The average molecular weight is 272 g/mol. The molecule has 5 nitrogen and oxygen atoms in total. The van der Waals surface area contributed by atoms with E-state index in [4.69, 9.17) is 10.8 Å². The highest BCUT2D eigenvalue weighted by atomic mass is 19.1. The topological polar surface area (TPSA) is 83.6 Å². The molecule has 0 saturated carbocycles. The van der Waals surface area contributed by atoms with Gasteiger partial charge in [-0.3, -0.25) is 9.59 Å². The number of benzene rings is 1. The van der Waals surface area contributed by atoms with E-state index >= 15 is 0 Å². The zero-order valence-corrected chi connectivity index (χ0v) is 10.1. The molecule has 0 bridgehead atoms. The van der Waals surface area contributed by atoms with E-state index in [-0.39, 0.29) is 25.1 Å². The van der Waals surface area contributed by atoms with Gasteiger partial charge < -0.3 is 15.7 Å². The SMILES string of the molecule is NCCN(CC(=O)O)C(=O)Cc1ccc(F)cc1F. The zero-order chi connectivity index (χ0) is 14.4. The van der Waals surface area contributed by atoms with Crippen molar-refractivity contribution in [2.45, 2.75) is 6.42 Å². The van der Waals surface area contributed by atoms with Crippen molar-refractivity contribution in [2.75, 3.05) is 19.6 Å². The Morgan fingerprint density at radius 2 is 2.00 bits per heavy atom. The van der Waals surface area contributed by atoms with Gasteiger partial charge in [-0.05, 0) is 11.6 Å². The molecule has 0 heterocycles. The predicted molar refractivity (Wildman–Crippen MR) is 63.3 cm³/mol. The summed E-state index contributed by atoms with van der Waals surface area (Å²) in [6, 6.07) is 2.87. The summed E-state index contributed by atoms with van der Waals surface area (Å²) < 4.78 is 26.1. The van der Waals surface area contributed by atoms with Crippen LogP contribution in [0.2, 0.25) is 0 Å². The summed E-state index contributed by atoms with van der Waals surface area (Å²) in [4.78, 5) is 23.4. The Balaban J connectivity index is 2.77. The van der Waals surface area contributed by atoms with Crippen LogP contribution in [0.5, 0.6) is 0 Å². The second-order valence-corrected chi connectivity index (χ2v) is 3.91. The van der Waals surface area contributed by atoms with Gasteiger partial charge in [-0.1, -0.05) is 6.07 Å². The van der Waals surface area contributed by atoms with Crippen molar-refractivity contribution in [2.24, 2.45) is 5.73 Å². The number of halogens is 2. The van der Waals surface area contributed by atoms with Gasteiger partial charge in [0.05, 0.1) is 6.42 Å². The molecule has 0 aliphatic carbocycles. The third-order valence-electron chi connectivity index (χ3n) is 2.43. The van der Waals surface area contributed by atoms with Crippen LogP contribution in [0.25, 0.3) is 0 Å². The Morgan fingerprint density at radius 1 is 1.32 bits per heavy atom. The lowest BCUT2D eigenvalue weighted by Crippen LogP contribution is -2.40. The van der Waals surface area contributed by atoms with Crippen LogP contribution >= 0.6 is 0 Å². The largest absolute Gasteiger partial charge is 0.480 e. The summed E-state index contributed by atoms with van der Waals surface area (Å²) in [7, 11) is 0. The summed E-state index contributed by atoms with van der Waals surface area (Å²) in [6.07, 6.45) is -0.334. The Labute approximate surface area is 108 Å². The first-order chi connectivity index (χ1) is 8.93. The number of amides is 1. The molecular weight excluding hydrogens is 258 g/mol. The fourth-order valence-electron chi connectivity index (χ4n) is 1.55. The first-order valence-electron chi connectivity index (χ1n) is 5.57. The standard InChI is InChI=1S/C12H14F2N2O3/c13-9-2-1-8(10(14)6-9)5-11(17)16(4-3-15)7-12(18)19/h1-2,6H,3-5,7,15H2,(H,18,19). The molecule has 1 aromatic carbocycles. The molecule has 0 radical (unpaired) electrons. The van der Waals surface area contributed by atoms with Crippen molar-refractivity contribution in [1.82, 2.24) is 4.90 Å². The first-order valence-corrected chi connectivity index (χ1v) is 5.57. The fourth-order valence-corrected chi connectivity index (χ4v) is 1.55. The molecule has 1 amide bonds. The van der Waals surface area contributed by atoms with Crippen molar-refractivity contribution in [3.05, 3.63) is 35.4 Å². The Bertz CT molecular complexity index is 480. The summed E-state index contributed by atoms with van der Waals surface area (Å²) in [5.41, 5.74) is 5.29. The summed E-state index contributed by atoms with van der Waals surface area (Å²) in [5.74, 6) is -3.32. The summed E-state index contributed by atoms with van der Waals surface area (Å²) in [6.45, 7) is -0.336. The van der Waals surface area contributed by atoms with Crippen LogP contribution in [0.4, 0.5) is 8.78 Å². The second kappa shape index (κ2) is 6.79. The lowest BCUT2D eigenvalue weighted by atomic mass is 10.1. The van der Waals surface area contributed by atoms with Crippen LogP contribution in [0, 0.1) is 11.6 Å². The molecule has 1 aromatic rings. The third-order valence-corrected chi connectivity index (χ3v) is 2.43. The van der Waals surface area contributed by atoms with E-state index in [0.717, 1.165) is 17.0 Å². The van der Waals surface area contributed by atoms with E-state index in [9.17, 15) is 18.4 Å². The number of hydrogen-bond acceptors (Lipinski definition) is 3. The molecule has 0 unspecified atom stereocenters. The highest BCUT2D eigenvalue weighted by Crippen LogP contribution is 2.11. The van der Waals surface area contributed by atoms with Crippen molar-refractivity contribution in [3.63, 3.8) is 0 Å². The molecule has 7 heteroatoms. The average Bonchev–Trinajstić information content (AvgIpc) is 2.31. The van der Waals surface area contributed by atoms with E-state index < -0.39 is 30.1 Å².